The monoisotopic (exact) mass is 263 g/mol. The van der Waals surface area contributed by atoms with Crippen molar-refractivity contribution < 1.29 is 0 Å². The van der Waals surface area contributed by atoms with E-state index < -0.39 is 0 Å². The van der Waals surface area contributed by atoms with E-state index in [-0.39, 0.29) is 0 Å². The van der Waals surface area contributed by atoms with Gasteiger partial charge in [-0.25, -0.2) is 0 Å². The maximum atomic E-state index is 2.51. The number of hydrogen-bond acceptors (Lipinski definition) is 1. The fraction of sp³-hybridized carbons (Fsp3) is 0.263. The van der Waals surface area contributed by atoms with Gasteiger partial charge in [0.2, 0.25) is 0 Å². The van der Waals surface area contributed by atoms with Crippen molar-refractivity contribution in [3.05, 3.63) is 71.3 Å². The van der Waals surface area contributed by atoms with E-state index in [4.69, 9.17) is 0 Å². The molecule has 2 aromatic rings. The lowest BCUT2D eigenvalue weighted by molar-refractivity contribution is 0.495. The van der Waals surface area contributed by atoms with Gasteiger partial charge >= 0.3 is 0 Å². The van der Waals surface area contributed by atoms with Crippen LogP contribution in [0.2, 0.25) is 0 Å². The molecule has 0 spiro atoms. The lowest BCUT2D eigenvalue weighted by Gasteiger charge is -2.22. The van der Waals surface area contributed by atoms with Gasteiger partial charge in [0.25, 0.3) is 0 Å². The van der Waals surface area contributed by atoms with E-state index in [9.17, 15) is 0 Å². The Morgan fingerprint density at radius 1 is 0.900 bits per heavy atom. The van der Waals surface area contributed by atoms with Gasteiger partial charge in [-0.1, -0.05) is 60.2 Å². The highest BCUT2D eigenvalue weighted by molar-refractivity contribution is 5.80. The molecule has 0 atom stereocenters. The molecule has 1 aliphatic heterocycles. The Morgan fingerprint density at radius 3 is 2.20 bits per heavy atom. The maximum absolute atomic E-state index is 2.51. The Kier molecular flexibility index (Phi) is 3.87. The minimum Gasteiger partial charge on any atom is -0.371 e. The fourth-order valence-corrected chi connectivity index (χ4v) is 2.75. The van der Waals surface area contributed by atoms with Crippen LogP contribution in [0, 0.1) is 6.92 Å². The molecule has 0 aromatic heterocycles. The highest BCUT2D eigenvalue weighted by atomic mass is 15.1. The Balaban J connectivity index is 1.99. The van der Waals surface area contributed by atoms with E-state index in [1.807, 2.05) is 0 Å². The van der Waals surface area contributed by atoms with Gasteiger partial charge in [0, 0.05) is 18.8 Å². The quantitative estimate of drug-likeness (QED) is 0.732. The predicted octanol–water partition coefficient (Wildman–Crippen LogP) is 4.59. The summed E-state index contributed by atoms with van der Waals surface area (Å²) in [6, 6.07) is 19.5. The van der Waals surface area contributed by atoms with Crippen molar-refractivity contribution in [1.29, 1.82) is 0 Å². The summed E-state index contributed by atoms with van der Waals surface area (Å²) in [5, 5.41) is 0. The van der Waals surface area contributed by atoms with E-state index in [1.165, 1.54) is 48.3 Å². The minimum atomic E-state index is 1.17. The molecule has 0 aliphatic carbocycles. The molecule has 2 aromatic carbocycles. The van der Waals surface area contributed by atoms with E-state index in [0.29, 0.717) is 0 Å². The number of benzene rings is 2. The van der Waals surface area contributed by atoms with Crippen LogP contribution in [0.1, 0.15) is 29.5 Å². The molecule has 1 saturated heterocycles. The molecule has 1 heterocycles. The first-order chi connectivity index (χ1) is 9.83. The van der Waals surface area contributed by atoms with E-state index in [0.717, 1.165) is 0 Å². The molecule has 3 rings (SSSR count). The van der Waals surface area contributed by atoms with Crippen LogP contribution in [0.25, 0.3) is 11.8 Å². The van der Waals surface area contributed by atoms with Gasteiger partial charge in [-0.15, -0.1) is 0 Å². The smallest absolute Gasteiger partial charge is 0.0445 e. The van der Waals surface area contributed by atoms with Crippen molar-refractivity contribution in [2.24, 2.45) is 0 Å². The predicted molar refractivity (Wildman–Crippen MR) is 86.3 cm³/mol. The first-order valence-corrected chi connectivity index (χ1v) is 7.42. The van der Waals surface area contributed by atoms with Crippen LogP contribution in [0.15, 0.2) is 54.6 Å². The molecule has 1 fully saturated rings. The highest BCUT2D eigenvalue weighted by Crippen LogP contribution is 2.26. The van der Waals surface area contributed by atoms with E-state index in [1.54, 1.807) is 0 Å². The molecule has 0 radical (unpaired) electrons. The number of rotatable bonds is 3. The zero-order valence-corrected chi connectivity index (χ0v) is 12.0. The minimum absolute atomic E-state index is 1.17. The largest absolute Gasteiger partial charge is 0.371 e. The molecule has 0 unspecified atom stereocenters. The topological polar surface area (TPSA) is 3.24 Å². The van der Waals surface area contributed by atoms with Crippen LogP contribution in [0.4, 0.5) is 0 Å². The Morgan fingerprint density at radius 2 is 1.55 bits per heavy atom. The zero-order chi connectivity index (χ0) is 13.8. The summed E-state index contributed by atoms with van der Waals surface area (Å²) in [5.74, 6) is 0. The van der Waals surface area contributed by atoms with Gasteiger partial charge in [0.1, 0.15) is 0 Å². The molecule has 0 saturated carbocycles. The van der Waals surface area contributed by atoms with Crippen LogP contribution in [0.3, 0.4) is 0 Å². The lowest BCUT2D eigenvalue weighted by atomic mass is 10.1. The molecule has 1 heteroatoms. The summed E-state index contributed by atoms with van der Waals surface area (Å²) >= 11 is 0. The normalized spacial score (nSPS) is 15.7. The summed E-state index contributed by atoms with van der Waals surface area (Å²) < 4.78 is 0. The summed E-state index contributed by atoms with van der Waals surface area (Å²) in [4.78, 5) is 2.51. The van der Waals surface area contributed by atoms with Crippen molar-refractivity contribution in [3.8, 4) is 0 Å². The fourth-order valence-electron chi connectivity index (χ4n) is 2.75. The summed E-state index contributed by atoms with van der Waals surface area (Å²) in [5.41, 5.74) is 5.26. The molecule has 20 heavy (non-hydrogen) atoms. The maximum Gasteiger partial charge on any atom is 0.0445 e. The number of likely N-dealkylation sites (tertiary alicyclic amines) is 1. The van der Waals surface area contributed by atoms with Crippen molar-refractivity contribution in [2.75, 3.05) is 13.1 Å². The average molecular weight is 263 g/mol. The first-order valence-electron chi connectivity index (χ1n) is 7.42. The molecule has 0 bridgehead atoms. The Labute approximate surface area is 121 Å². The summed E-state index contributed by atoms with van der Waals surface area (Å²) in [6.07, 6.45) is 4.92. The van der Waals surface area contributed by atoms with Crippen LogP contribution in [-0.2, 0) is 0 Å². The summed E-state index contributed by atoms with van der Waals surface area (Å²) in [6.45, 7) is 4.49. The number of nitrogens with zero attached hydrogens (tertiary/aromatic N) is 1. The Hall–Kier alpha value is -2.02. The number of hydrogen-bond donors (Lipinski definition) is 0. The van der Waals surface area contributed by atoms with Crippen LogP contribution >= 0.6 is 0 Å². The van der Waals surface area contributed by atoms with E-state index in [2.05, 4.69) is 72.5 Å². The third kappa shape index (κ3) is 2.93. The number of aryl methyl sites for hydroxylation is 1. The SMILES string of the molecule is Cc1ccc(/C(=C\c2ccccc2)N2CCCC2)cc1. The third-order valence-corrected chi connectivity index (χ3v) is 3.90. The first kappa shape index (κ1) is 13.0. The molecular formula is C19H21N. The van der Waals surface area contributed by atoms with Crippen LogP contribution in [-0.4, -0.2) is 18.0 Å². The van der Waals surface area contributed by atoms with Gasteiger partial charge in [0.05, 0.1) is 0 Å². The molecule has 102 valence electrons. The zero-order valence-electron chi connectivity index (χ0n) is 12.0. The van der Waals surface area contributed by atoms with Crippen LogP contribution < -0.4 is 0 Å². The van der Waals surface area contributed by atoms with Crippen molar-refractivity contribution >= 4 is 11.8 Å². The average Bonchev–Trinajstić information content (AvgIpc) is 3.01. The second kappa shape index (κ2) is 5.96. The van der Waals surface area contributed by atoms with Gasteiger partial charge in [0.15, 0.2) is 0 Å². The summed E-state index contributed by atoms with van der Waals surface area (Å²) in [7, 11) is 0. The van der Waals surface area contributed by atoms with Gasteiger partial charge in [-0.05, 0) is 37.0 Å². The van der Waals surface area contributed by atoms with Crippen molar-refractivity contribution in [3.63, 3.8) is 0 Å². The Bertz CT molecular complexity index is 575. The van der Waals surface area contributed by atoms with Gasteiger partial charge in [-0.2, -0.15) is 0 Å². The molecule has 1 nitrogen and oxygen atoms in total. The second-order valence-electron chi connectivity index (χ2n) is 5.50. The lowest BCUT2D eigenvalue weighted by Crippen LogP contribution is -2.17. The van der Waals surface area contributed by atoms with Gasteiger partial charge < -0.3 is 4.90 Å². The highest BCUT2D eigenvalue weighted by Gasteiger charge is 2.16. The molecule has 1 aliphatic rings. The van der Waals surface area contributed by atoms with Gasteiger partial charge in [-0.3, -0.25) is 0 Å². The third-order valence-electron chi connectivity index (χ3n) is 3.90. The van der Waals surface area contributed by atoms with Crippen molar-refractivity contribution in [2.45, 2.75) is 19.8 Å². The van der Waals surface area contributed by atoms with E-state index >= 15 is 0 Å². The second-order valence-corrected chi connectivity index (χ2v) is 5.50. The standard InChI is InChI=1S/C19H21N/c1-16-9-11-18(12-10-16)19(20-13-5-6-14-20)15-17-7-3-2-4-8-17/h2-4,7-12,15H,5-6,13-14H2,1H3/b19-15+. The molecular weight excluding hydrogens is 242 g/mol. The molecule has 0 amide bonds. The molecule has 0 N–H and O–H groups in total. The van der Waals surface area contributed by atoms with Crippen LogP contribution in [0.5, 0.6) is 0 Å². The van der Waals surface area contributed by atoms with Crippen molar-refractivity contribution in [1.82, 2.24) is 4.90 Å².